The molecular weight excluding hydrogens is 490 g/mol. The van der Waals surface area contributed by atoms with Crippen molar-refractivity contribution in [3.8, 4) is 0 Å². The van der Waals surface area contributed by atoms with Crippen LogP contribution in [0.2, 0.25) is 0 Å². The first kappa shape index (κ1) is 25.3. The standard InChI is InChI=1S/C27H31N5O4S/c1-2-22(25(34)29-17-9-4-3-5-10-17)37-27-31-20-13-7-6-12-19(20)24-30-21(26(35)32(24)27)15-23(33)28-16-18-11-8-14-36-18/h6-8,11-14,17,21-22H,2-5,9-10,15-16H2,1H3,(H,28,33)(H,29,34)/t21-,22-/m1/s1. The summed E-state index contributed by atoms with van der Waals surface area (Å²) >= 11 is 1.28. The monoisotopic (exact) mass is 521 g/mol. The number of amidine groups is 2. The lowest BCUT2D eigenvalue weighted by Gasteiger charge is -2.29. The molecule has 0 saturated heterocycles. The third-order valence-electron chi connectivity index (χ3n) is 6.83. The first-order chi connectivity index (χ1) is 18.0. The first-order valence-electron chi connectivity index (χ1n) is 12.9. The lowest BCUT2D eigenvalue weighted by Crippen LogP contribution is -2.45. The molecule has 2 atom stereocenters. The number of rotatable bonds is 8. The number of amides is 3. The van der Waals surface area contributed by atoms with Crippen molar-refractivity contribution in [2.45, 2.75) is 75.7 Å². The van der Waals surface area contributed by atoms with E-state index < -0.39 is 11.3 Å². The maximum atomic E-state index is 13.5. The molecule has 37 heavy (non-hydrogen) atoms. The fraction of sp³-hybridized carbons (Fsp3) is 0.444. The largest absolute Gasteiger partial charge is 0.467 e. The maximum Gasteiger partial charge on any atom is 0.259 e. The molecule has 5 rings (SSSR count). The summed E-state index contributed by atoms with van der Waals surface area (Å²) in [5.41, 5.74) is 1.43. The summed E-state index contributed by atoms with van der Waals surface area (Å²) in [6.07, 6.45) is 7.55. The van der Waals surface area contributed by atoms with Crippen molar-refractivity contribution in [3.05, 3.63) is 54.0 Å². The number of nitrogens with one attached hydrogen (secondary N) is 2. The average Bonchev–Trinajstić information content (AvgIpc) is 3.55. The van der Waals surface area contributed by atoms with E-state index in [4.69, 9.17) is 9.41 Å². The maximum absolute atomic E-state index is 13.5. The Balaban J connectivity index is 1.32. The highest BCUT2D eigenvalue weighted by Gasteiger charge is 2.43. The normalized spacial score (nSPS) is 20.0. The number of nitrogens with zero attached hydrogens (tertiary/aromatic N) is 3. The van der Waals surface area contributed by atoms with Crippen LogP contribution in [0.3, 0.4) is 0 Å². The third-order valence-corrected chi connectivity index (χ3v) is 8.15. The molecule has 1 aliphatic carbocycles. The summed E-state index contributed by atoms with van der Waals surface area (Å²) in [6, 6.07) is 10.4. The van der Waals surface area contributed by atoms with E-state index in [1.54, 1.807) is 18.4 Å². The molecule has 3 amide bonds. The molecular formula is C27H31N5O4S. The molecule has 2 aliphatic heterocycles. The molecule has 194 valence electrons. The van der Waals surface area contributed by atoms with Gasteiger partial charge in [-0.2, -0.15) is 0 Å². The van der Waals surface area contributed by atoms with Gasteiger partial charge in [-0.15, -0.1) is 0 Å². The lowest BCUT2D eigenvalue weighted by atomic mass is 9.95. The van der Waals surface area contributed by atoms with E-state index >= 15 is 0 Å². The van der Waals surface area contributed by atoms with Gasteiger partial charge >= 0.3 is 0 Å². The van der Waals surface area contributed by atoms with Gasteiger partial charge in [0.15, 0.2) is 5.17 Å². The van der Waals surface area contributed by atoms with Crippen LogP contribution in [0.5, 0.6) is 0 Å². The van der Waals surface area contributed by atoms with E-state index in [0.29, 0.717) is 28.9 Å². The number of hydrogen-bond donors (Lipinski definition) is 2. The van der Waals surface area contributed by atoms with E-state index in [2.05, 4.69) is 15.6 Å². The van der Waals surface area contributed by atoms with Crippen LogP contribution in [0.15, 0.2) is 57.1 Å². The quantitative estimate of drug-likeness (QED) is 0.546. The van der Waals surface area contributed by atoms with E-state index in [-0.39, 0.29) is 36.7 Å². The Morgan fingerprint density at radius 2 is 1.97 bits per heavy atom. The smallest absolute Gasteiger partial charge is 0.259 e. The number of aliphatic imine (C=N–C) groups is 2. The number of benzene rings is 1. The zero-order chi connectivity index (χ0) is 25.8. The second-order valence-electron chi connectivity index (χ2n) is 9.47. The molecule has 0 radical (unpaired) electrons. The first-order valence-corrected chi connectivity index (χ1v) is 13.8. The molecule has 1 fully saturated rings. The SMILES string of the molecule is CC[C@@H](SC1=Nc2ccccc2C2=N[C@H](CC(=O)NCc3ccco3)C(=O)N12)C(=O)NC1CCCCC1. The van der Waals surface area contributed by atoms with Gasteiger partial charge in [-0.25, -0.2) is 9.89 Å². The minimum atomic E-state index is -0.861. The van der Waals surface area contributed by atoms with Crippen molar-refractivity contribution in [1.82, 2.24) is 15.5 Å². The molecule has 1 saturated carbocycles. The Hall–Kier alpha value is -3.40. The van der Waals surface area contributed by atoms with E-state index in [1.807, 2.05) is 31.2 Å². The minimum Gasteiger partial charge on any atom is -0.467 e. The molecule has 0 spiro atoms. The number of carbonyl (C=O) groups is 3. The molecule has 3 aliphatic rings. The highest BCUT2D eigenvalue weighted by atomic mass is 32.2. The van der Waals surface area contributed by atoms with Gasteiger partial charge in [0.05, 0.1) is 30.2 Å². The molecule has 9 nitrogen and oxygen atoms in total. The predicted molar refractivity (Wildman–Crippen MR) is 143 cm³/mol. The highest BCUT2D eigenvalue weighted by molar-refractivity contribution is 8.15. The topological polar surface area (TPSA) is 116 Å². The fourth-order valence-corrected chi connectivity index (χ4v) is 5.88. The van der Waals surface area contributed by atoms with Crippen molar-refractivity contribution in [2.24, 2.45) is 9.98 Å². The van der Waals surface area contributed by atoms with Gasteiger partial charge in [0, 0.05) is 11.6 Å². The summed E-state index contributed by atoms with van der Waals surface area (Å²) in [5, 5.41) is 6.01. The zero-order valence-electron chi connectivity index (χ0n) is 20.8. The van der Waals surface area contributed by atoms with Crippen molar-refractivity contribution < 1.29 is 18.8 Å². The Morgan fingerprint density at radius 3 is 2.73 bits per heavy atom. The van der Waals surface area contributed by atoms with Crippen LogP contribution in [0.4, 0.5) is 5.69 Å². The van der Waals surface area contributed by atoms with E-state index in [0.717, 1.165) is 31.2 Å². The number of furan rings is 1. The molecule has 1 aromatic carbocycles. The van der Waals surface area contributed by atoms with Crippen LogP contribution in [0.25, 0.3) is 0 Å². The van der Waals surface area contributed by atoms with Crippen LogP contribution >= 0.6 is 11.8 Å². The number of para-hydroxylation sites is 1. The van der Waals surface area contributed by atoms with Crippen LogP contribution in [0, 0.1) is 0 Å². The highest BCUT2D eigenvalue weighted by Crippen LogP contribution is 2.35. The number of carbonyl (C=O) groups excluding carboxylic acids is 3. The van der Waals surface area contributed by atoms with Crippen molar-refractivity contribution in [2.75, 3.05) is 0 Å². The summed E-state index contributed by atoms with van der Waals surface area (Å²) < 4.78 is 5.25. The Labute approximate surface area is 220 Å². The number of thioether (sulfide) groups is 1. The summed E-state index contributed by atoms with van der Waals surface area (Å²) in [5.74, 6) is 0.472. The van der Waals surface area contributed by atoms with Gasteiger partial charge in [0.2, 0.25) is 11.8 Å². The molecule has 1 aromatic heterocycles. The molecule has 0 bridgehead atoms. The van der Waals surface area contributed by atoms with Gasteiger partial charge < -0.3 is 15.1 Å². The summed E-state index contributed by atoms with van der Waals surface area (Å²) in [4.78, 5) is 50.1. The average molecular weight is 522 g/mol. The number of hydrogen-bond acceptors (Lipinski definition) is 7. The van der Waals surface area contributed by atoms with Gasteiger partial charge in [0.1, 0.15) is 17.6 Å². The summed E-state index contributed by atoms with van der Waals surface area (Å²) in [7, 11) is 0. The second kappa shape index (κ2) is 11.3. The fourth-order valence-electron chi connectivity index (χ4n) is 4.85. The van der Waals surface area contributed by atoms with Gasteiger partial charge in [-0.3, -0.25) is 19.4 Å². The molecule has 10 heteroatoms. The lowest BCUT2D eigenvalue weighted by molar-refractivity contribution is -0.128. The molecule has 0 unspecified atom stereocenters. The van der Waals surface area contributed by atoms with Gasteiger partial charge in [-0.05, 0) is 43.5 Å². The van der Waals surface area contributed by atoms with E-state index in [1.165, 1.54) is 23.1 Å². The van der Waals surface area contributed by atoms with Gasteiger partial charge in [-0.1, -0.05) is 50.1 Å². The summed E-state index contributed by atoms with van der Waals surface area (Å²) in [6.45, 7) is 2.20. The van der Waals surface area contributed by atoms with Crippen LogP contribution in [0.1, 0.15) is 63.2 Å². The van der Waals surface area contributed by atoms with Crippen LogP contribution in [-0.4, -0.2) is 51.0 Å². The Kier molecular flexibility index (Phi) is 7.73. The van der Waals surface area contributed by atoms with Crippen molar-refractivity contribution in [3.63, 3.8) is 0 Å². The second-order valence-corrected chi connectivity index (χ2v) is 10.6. The molecule has 2 N–H and O–H groups in total. The predicted octanol–water partition coefficient (Wildman–Crippen LogP) is 3.91. The van der Waals surface area contributed by atoms with Crippen molar-refractivity contribution >= 4 is 46.2 Å². The number of fused-ring (bicyclic) bond motifs is 3. The Morgan fingerprint density at radius 1 is 1.16 bits per heavy atom. The van der Waals surface area contributed by atoms with E-state index in [9.17, 15) is 14.4 Å². The molecule has 3 heterocycles. The van der Waals surface area contributed by atoms with Crippen LogP contribution in [-0.2, 0) is 20.9 Å². The third kappa shape index (κ3) is 5.64. The Bertz CT molecular complexity index is 1220. The van der Waals surface area contributed by atoms with Crippen molar-refractivity contribution in [1.29, 1.82) is 0 Å². The van der Waals surface area contributed by atoms with Crippen LogP contribution < -0.4 is 10.6 Å². The molecule has 2 aromatic rings. The zero-order valence-corrected chi connectivity index (χ0v) is 21.6. The van der Waals surface area contributed by atoms with Gasteiger partial charge in [0.25, 0.3) is 5.91 Å². The minimum absolute atomic E-state index is 0.0278.